The number of carbonyl (C=O) groups excluding carboxylic acids is 2. The summed E-state index contributed by atoms with van der Waals surface area (Å²) in [5.74, 6) is 0.526. The molecule has 1 atom stereocenters. The maximum absolute atomic E-state index is 11.6. The smallest absolute Gasteiger partial charge is 0.156 e. The van der Waals surface area contributed by atoms with Gasteiger partial charge in [-0.2, -0.15) is 0 Å². The minimum atomic E-state index is -0.0586. The Balaban J connectivity index is 2.94. The molecule has 0 aromatic carbocycles. The molecule has 0 amide bonds. The van der Waals surface area contributed by atoms with Crippen LogP contribution in [0.15, 0.2) is 11.6 Å². The highest BCUT2D eigenvalue weighted by Gasteiger charge is 2.45. The number of rotatable bonds is 4. The maximum Gasteiger partial charge on any atom is 0.156 e. The zero-order chi connectivity index (χ0) is 13.3. The maximum atomic E-state index is 11.6. The van der Waals surface area contributed by atoms with Crippen LogP contribution in [0.4, 0.5) is 0 Å². The van der Waals surface area contributed by atoms with Gasteiger partial charge in [0, 0.05) is 19.3 Å². The van der Waals surface area contributed by atoms with Gasteiger partial charge in [-0.1, -0.05) is 33.3 Å². The van der Waals surface area contributed by atoms with Crippen molar-refractivity contribution in [1.29, 1.82) is 0 Å². The third-order valence-electron chi connectivity index (χ3n) is 4.66. The SMILES string of the molecule is CCC(=O)CC[C@@]1(C)C(C)=CC(=O)CC1(C)C. The van der Waals surface area contributed by atoms with E-state index in [1.807, 2.05) is 13.8 Å². The standard InChI is InChI=1S/C15H24O2/c1-6-12(16)7-8-15(5)11(2)9-13(17)10-14(15,3)4/h9H,6-8,10H2,1-5H3/t15-/m0/s1. The summed E-state index contributed by atoms with van der Waals surface area (Å²) < 4.78 is 0. The van der Waals surface area contributed by atoms with Gasteiger partial charge in [0.2, 0.25) is 0 Å². The lowest BCUT2D eigenvalue weighted by Gasteiger charge is -2.47. The second-order valence-corrected chi connectivity index (χ2v) is 6.08. The molecule has 2 nitrogen and oxygen atoms in total. The van der Waals surface area contributed by atoms with Gasteiger partial charge in [-0.05, 0) is 30.3 Å². The van der Waals surface area contributed by atoms with E-state index in [0.29, 0.717) is 25.0 Å². The molecule has 2 heteroatoms. The number of carbonyl (C=O) groups is 2. The topological polar surface area (TPSA) is 34.1 Å². The highest BCUT2D eigenvalue weighted by Crippen LogP contribution is 2.52. The molecule has 17 heavy (non-hydrogen) atoms. The fourth-order valence-corrected chi connectivity index (χ4v) is 2.72. The van der Waals surface area contributed by atoms with Crippen molar-refractivity contribution >= 4 is 11.6 Å². The summed E-state index contributed by atoms with van der Waals surface area (Å²) in [6.45, 7) is 10.4. The van der Waals surface area contributed by atoms with E-state index in [-0.39, 0.29) is 16.6 Å². The quantitative estimate of drug-likeness (QED) is 0.746. The zero-order valence-electron chi connectivity index (χ0n) is 11.7. The van der Waals surface area contributed by atoms with Crippen LogP contribution < -0.4 is 0 Å². The van der Waals surface area contributed by atoms with Gasteiger partial charge in [-0.25, -0.2) is 0 Å². The van der Waals surface area contributed by atoms with Crippen LogP contribution in [0.1, 0.15) is 60.3 Å². The van der Waals surface area contributed by atoms with Gasteiger partial charge >= 0.3 is 0 Å². The van der Waals surface area contributed by atoms with Crippen molar-refractivity contribution < 1.29 is 9.59 Å². The molecule has 0 saturated heterocycles. The molecule has 0 fully saturated rings. The van der Waals surface area contributed by atoms with Crippen molar-refractivity contribution in [1.82, 2.24) is 0 Å². The second kappa shape index (κ2) is 4.75. The summed E-state index contributed by atoms with van der Waals surface area (Å²) in [5.41, 5.74) is 1.03. The molecule has 0 aliphatic heterocycles. The molecular weight excluding hydrogens is 212 g/mol. The van der Waals surface area contributed by atoms with E-state index in [0.717, 1.165) is 12.0 Å². The number of hydrogen-bond acceptors (Lipinski definition) is 2. The summed E-state index contributed by atoms with van der Waals surface area (Å²) in [6.07, 6.45) is 4.43. The molecular formula is C15H24O2. The first-order valence-corrected chi connectivity index (χ1v) is 6.46. The van der Waals surface area contributed by atoms with Gasteiger partial charge in [-0.3, -0.25) is 9.59 Å². The molecule has 96 valence electrons. The normalized spacial score (nSPS) is 27.8. The Morgan fingerprint density at radius 1 is 1.35 bits per heavy atom. The largest absolute Gasteiger partial charge is 0.300 e. The molecule has 1 rings (SSSR count). The number of ketones is 2. The van der Waals surface area contributed by atoms with Crippen LogP contribution in [0.3, 0.4) is 0 Å². The van der Waals surface area contributed by atoms with Crippen molar-refractivity contribution in [3.8, 4) is 0 Å². The summed E-state index contributed by atoms with van der Waals surface area (Å²) in [6, 6.07) is 0. The van der Waals surface area contributed by atoms with Gasteiger partial charge in [-0.15, -0.1) is 0 Å². The Morgan fingerprint density at radius 2 is 1.94 bits per heavy atom. The molecule has 1 aliphatic carbocycles. The first-order chi connectivity index (χ1) is 7.73. The van der Waals surface area contributed by atoms with Gasteiger partial charge in [0.15, 0.2) is 5.78 Å². The Hall–Kier alpha value is -0.920. The molecule has 0 radical (unpaired) electrons. The van der Waals surface area contributed by atoms with Crippen molar-refractivity contribution in [2.45, 2.75) is 60.3 Å². The van der Waals surface area contributed by atoms with Crippen molar-refractivity contribution in [2.75, 3.05) is 0 Å². The fraction of sp³-hybridized carbons (Fsp3) is 0.733. The number of Topliss-reactive ketones (excluding diaryl/α,β-unsaturated/α-hetero) is 1. The molecule has 0 aromatic heterocycles. The van der Waals surface area contributed by atoms with Gasteiger partial charge in [0.25, 0.3) is 0 Å². The average molecular weight is 236 g/mol. The summed E-state index contributed by atoms with van der Waals surface area (Å²) in [4.78, 5) is 23.1. The average Bonchev–Trinajstić information content (AvgIpc) is 2.22. The molecule has 0 heterocycles. The van der Waals surface area contributed by atoms with E-state index in [1.54, 1.807) is 6.08 Å². The lowest BCUT2D eigenvalue weighted by atomic mass is 9.56. The minimum absolute atomic E-state index is 0.0360. The molecule has 0 spiro atoms. The van der Waals surface area contributed by atoms with E-state index < -0.39 is 0 Å². The van der Waals surface area contributed by atoms with E-state index in [4.69, 9.17) is 0 Å². The van der Waals surface area contributed by atoms with Crippen LogP contribution in [0.5, 0.6) is 0 Å². The van der Waals surface area contributed by atoms with E-state index in [2.05, 4.69) is 20.8 Å². The van der Waals surface area contributed by atoms with Crippen LogP contribution in [-0.4, -0.2) is 11.6 Å². The molecule has 0 unspecified atom stereocenters. The summed E-state index contributed by atoms with van der Waals surface area (Å²) in [7, 11) is 0. The fourth-order valence-electron chi connectivity index (χ4n) is 2.72. The van der Waals surface area contributed by atoms with E-state index >= 15 is 0 Å². The van der Waals surface area contributed by atoms with Crippen LogP contribution in [-0.2, 0) is 9.59 Å². The zero-order valence-corrected chi connectivity index (χ0v) is 11.7. The Labute approximate surface area is 104 Å². The molecule has 0 aromatic rings. The molecule has 0 N–H and O–H groups in total. The predicted molar refractivity (Wildman–Crippen MR) is 69.8 cm³/mol. The number of allylic oxidation sites excluding steroid dienone is 2. The third-order valence-corrected chi connectivity index (χ3v) is 4.66. The summed E-state index contributed by atoms with van der Waals surface area (Å²) >= 11 is 0. The molecule has 0 saturated carbocycles. The van der Waals surface area contributed by atoms with E-state index in [9.17, 15) is 9.59 Å². The van der Waals surface area contributed by atoms with Crippen molar-refractivity contribution in [3.05, 3.63) is 11.6 Å². The van der Waals surface area contributed by atoms with E-state index in [1.165, 1.54) is 0 Å². The highest BCUT2D eigenvalue weighted by molar-refractivity contribution is 5.92. The highest BCUT2D eigenvalue weighted by atomic mass is 16.1. The lowest BCUT2D eigenvalue weighted by Crippen LogP contribution is -2.41. The second-order valence-electron chi connectivity index (χ2n) is 6.08. The van der Waals surface area contributed by atoms with Crippen LogP contribution in [0.2, 0.25) is 0 Å². The minimum Gasteiger partial charge on any atom is -0.300 e. The van der Waals surface area contributed by atoms with Crippen LogP contribution in [0, 0.1) is 10.8 Å². The van der Waals surface area contributed by atoms with Crippen LogP contribution in [0.25, 0.3) is 0 Å². The monoisotopic (exact) mass is 236 g/mol. The summed E-state index contributed by atoms with van der Waals surface area (Å²) in [5, 5.41) is 0. The number of hydrogen-bond donors (Lipinski definition) is 0. The molecule has 0 bridgehead atoms. The van der Waals surface area contributed by atoms with Gasteiger partial charge in [0.05, 0.1) is 0 Å². The third kappa shape index (κ3) is 2.67. The Bertz CT molecular complexity index is 363. The van der Waals surface area contributed by atoms with Crippen LogP contribution >= 0.6 is 0 Å². The first kappa shape index (κ1) is 14.1. The Kier molecular flexibility index (Phi) is 3.95. The van der Waals surface area contributed by atoms with Crippen molar-refractivity contribution in [3.63, 3.8) is 0 Å². The Morgan fingerprint density at radius 3 is 2.41 bits per heavy atom. The lowest BCUT2D eigenvalue weighted by molar-refractivity contribution is -0.120. The van der Waals surface area contributed by atoms with Gasteiger partial charge in [0.1, 0.15) is 5.78 Å². The van der Waals surface area contributed by atoms with Gasteiger partial charge < -0.3 is 0 Å². The predicted octanol–water partition coefficient (Wildman–Crippen LogP) is 3.70. The first-order valence-electron chi connectivity index (χ1n) is 6.46. The molecule has 1 aliphatic rings. The van der Waals surface area contributed by atoms with Crippen molar-refractivity contribution in [2.24, 2.45) is 10.8 Å².